The van der Waals surface area contributed by atoms with Crippen LogP contribution in [0.15, 0.2) is 0 Å². The van der Waals surface area contributed by atoms with Gasteiger partial charge in [0.1, 0.15) is 0 Å². The number of halogens is 3. The number of carbonyl (C=O) groups is 1. The summed E-state index contributed by atoms with van der Waals surface area (Å²) in [5.74, 6) is 0. The van der Waals surface area contributed by atoms with Gasteiger partial charge in [-0.25, -0.2) is 4.79 Å². The Labute approximate surface area is 78.9 Å². The molecule has 0 atom stereocenters. The van der Waals surface area contributed by atoms with Crippen LogP contribution in [0.2, 0.25) is 0 Å². The van der Waals surface area contributed by atoms with E-state index in [1.54, 1.807) is 6.07 Å². The van der Waals surface area contributed by atoms with Gasteiger partial charge < -0.3 is 9.64 Å². The number of alkyl halides is 3. The van der Waals surface area contributed by atoms with Crippen LogP contribution < -0.4 is 0 Å². The van der Waals surface area contributed by atoms with Crippen molar-refractivity contribution in [2.24, 2.45) is 0 Å². The highest BCUT2D eigenvalue weighted by Crippen LogP contribution is 2.14. The number of amides is 1. The first-order valence-corrected chi connectivity index (χ1v) is 3.68. The monoisotopic (exact) mass is 210 g/mol. The van der Waals surface area contributed by atoms with Crippen molar-refractivity contribution in [2.45, 2.75) is 12.6 Å². The second-order valence-electron chi connectivity index (χ2n) is 2.50. The lowest BCUT2D eigenvalue weighted by Gasteiger charge is -2.15. The van der Waals surface area contributed by atoms with Crippen molar-refractivity contribution in [3.63, 3.8) is 0 Å². The summed E-state index contributed by atoms with van der Waals surface area (Å²) in [5.41, 5.74) is 0. The number of hydrogen-bond donors (Lipinski definition) is 0. The predicted molar refractivity (Wildman–Crippen MR) is 40.3 cm³/mol. The smallest absolute Gasteiger partial charge is 0.422 e. The lowest BCUT2D eigenvalue weighted by atomic mass is 10.4. The van der Waals surface area contributed by atoms with Crippen molar-refractivity contribution in [2.75, 3.05) is 20.2 Å². The molecule has 0 aromatic carbocycles. The van der Waals surface area contributed by atoms with Crippen molar-refractivity contribution in [3.8, 4) is 6.07 Å². The van der Waals surface area contributed by atoms with Gasteiger partial charge in [0.15, 0.2) is 6.61 Å². The van der Waals surface area contributed by atoms with Gasteiger partial charge in [-0.1, -0.05) is 0 Å². The largest absolute Gasteiger partial charge is 0.440 e. The molecule has 0 N–H and O–H groups in total. The van der Waals surface area contributed by atoms with Crippen molar-refractivity contribution in [1.82, 2.24) is 4.90 Å². The van der Waals surface area contributed by atoms with Gasteiger partial charge in [-0.3, -0.25) is 0 Å². The Morgan fingerprint density at radius 3 is 2.57 bits per heavy atom. The molecular formula is C7H9F3N2O2. The fourth-order valence-electron chi connectivity index (χ4n) is 0.563. The van der Waals surface area contributed by atoms with E-state index in [4.69, 9.17) is 5.26 Å². The van der Waals surface area contributed by atoms with Gasteiger partial charge >= 0.3 is 12.3 Å². The number of rotatable bonds is 3. The molecule has 0 rings (SSSR count). The van der Waals surface area contributed by atoms with Crippen LogP contribution in [0.3, 0.4) is 0 Å². The minimum absolute atomic E-state index is 0.0488. The summed E-state index contributed by atoms with van der Waals surface area (Å²) in [6.45, 7) is -1.56. The van der Waals surface area contributed by atoms with E-state index in [-0.39, 0.29) is 13.0 Å². The molecule has 14 heavy (non-hydrogen) atoms. The van der Waals surface area contributed by atoms with Crippen molar-refractivity contribution in [1.29, 1.82) is 5.26 Å². The molecule has 80 valence electrons. The fourth-order valence-corrected chi connectivity index (χ4v) is 0.563. The molecule has 0 spiro atoms. The molecule has 0 saturated heterocycles. The van der Waals surface area contributed by atoms with Gasteiger partial charge in [0.2, 0.25) is 0 Å². The third-order valence-electron chi connectivity index (χ3n) is 1.23. The Bertz CT molecular complexity index is 234. The SMILES string of the molecule is CN(CCC#N)C(=O)OCC(F)(F)F. The first-order chi connectivity index (χ1) is 6.37. The standard InChI is InChI=1S/C7H9F3N2O2/c1-12(4-2-3-11)6(13)14-5-7(8,9)10/h2,4-5H2,1H3. The average Bonchev–Trinajstić information content (AvgIpc) is 2.09. The zero-order valence-electron chi connectivity index (χ0n) is 7.47. The van der Waals surface area contributed by atoms with Gasteiger partial charge in [0.25, 0.3) is 0 Å². The quantitative estimate of drug-likeness (QED) is 0.709. The maximum Gasteiger partial charge on any atom is 0.422 e. The van der Waals surface area contributed by atoms with Crippen molar-refractivity contribution < 1.29 is 22.7 Å². The summed E-state index contributed by atoms with van der Waals surface area (Å²) in [6.07, 6.45) is -5.55. The Morgan fingerprint density at radius 1 is 1.57 bits per heavy atom. The summed E-state index contributed by atoms with van der Waals surface area (Å²) < 4.78 is 38.7. The first-order valence-electron chi connectivity index (χ1n) is 3.68. The lowest BCUT2D eigenvalue weighted by molar-refractivity contribution is -0.162. The van der Waals surface area contributed by atoms with Crippen LogP contribution in [-0.2, 0) is 4.74 Å². The zero-order valence-corrected chi connectivity index (χ0v) is 7.47. The van der Waals surface area contributed by atoms with E-state index < -0.39 is 18.9 Å². The van der Waals surface area contributed by atoms with E-state index in [1.807, 2.05) is 0 Å². The van der Waals surface area contributed by atoms with E-state index in [9.17, 15) is 18.0 Å². The second kappa shape index (κ2) is 5.32. The molecule has 4 nitrogen and oxygen atoms in total. The summed E-state index contributed by atoms with van der Waals surface area (Å²) in [7, 11) is 1.26. The second-order valence-corrected chi connectivity index (χ2v) is 2.50. The molecule has 0 aliphatic carbocycles. The molecule has 0 aromatic heterocycles. The molecule has 0 aromatic rings. The van der Waals surface area contributed by atoms with Crippen LogP contribution in [0, 0.1) is 11.3 Å². The Balaban J connectivity index is 3.80. The Hall–Kier alpha value is -1.45. The van der Waals surface area contributed by atoms with Gasteiger partial charge in [0, 0.05) is 13.6 Å². The number of nitriles is 1. The van der Waals surface area contributed by atoms with Crippen LogP contribution in [0.1, 0.15) is 6.42 Å². The van der Waals surface area contributed by atoms with Crippen molar-refractivity contribution >= 4 is 6.09 Å². The first kappa shape index (κ1) is 12.6. The number of nitrogens with zero attached hydrogens (tertiary/aromatic N) is 2. The van der Waals surface area contributed by atoms with Crippen LogP contribution in [0.4, 0.5) is 18.0 Å². The number of carbonyl (C=O) groups excluding carboxylic acids is 1. The Kier molecular flexibility index (Phi) is 4.77. The molecule has 0 unspecified atom stereocenters. The molecule has 0 radical (unpaired) electrons. The van der Waals surface area contributed by atoms with Gasteiger partial charge in [-0.05, 0) is 0 Å². The highest BCUT2D eigenvalue weighted by molar-refractivity contribution is 5.67. The molecule has 0 aliphatic heterocycles. The zero-order chi connectivity index (χ0) is 11.2. The highest BCUT2D eigenvalue weighted by atomic mass is 19.4. The van der Waals surface area contributed by atoms with Crippen LogP contribution in [-0.4, -0.2) is 37.4 Å². The summed E-state index contributed by atoms with van der Waals surface area (Å²) in [6, 6.07) is 1.75. The van der Waals surface area contributed by atoms with Crippen molar-refractivity contribution in [3.05, 3.63) is 0 Å². The highest BCUT2D eigenvalue weighted by Gasteiger charge is 2.30. The summed E-state index contributed by atoms with van der Waals surface area (Å²) in [5, 5.41) is 8.15. The topological polar surface area (TPSA) is 53.3 Å². The van der Waals surface area contributed by atoms with Crippen LogP contribution in [0.25, 0.3) is 0 Å². The summed E-state index contributed by atoms with van der Waals surface area (Å²) >= 11 is 0. The van der Waals surface area contributed by atoms with E-state index in [1.165, 1.54) is 7.05 Å². The molecule has 0 bridgehead atoms. The summed E-state index contributed by atoms with van der Waals surface area (Å²) in [4.78, 5) is 11.7. The molecule has 0 heterocycles. The van der Waals surface area contributed by atoms with Crippen LogP contribution >= 0.6 is 0 Å². The normalized spacial score (nSPS) is 10.5. The Morgan fingerprint density at radius 2 is 2.14 bits per heavy atom. The number of hydrogen-bond acceptors (Lipinski definition) is 3. The molecular weight excluding hydrogens is 201 g/mol. The minimum atomic E-state index is -4.52. The minimum Gasteiger partial charge on any atom is -0.440 e. The molecule has 1 amide bonds. The molecule has 0 fully saturated rings. The predicted octanol–water partition coefficient (Wildman–Crippen LogP) is 1.53. The van der Waals surface area contributed by atoms with E-state index in [0.717, 1.165) is 4.90 Å². The number of ether oxygens (including phenoxy) is 1. The maximum absolute atomic E-state index is 11.6. The lowest BCUT2D eigenvalue weighted by Crippen LogP contribution is -2.31. The van der Waals surface area contributed by atoms with E-state index in [0.29, 0.717) is 0 Å². The van der Waals surface area contributed by atoms with E-state index >= 15 is 0 Å². The van der Waals surface area contributed by atoms with Gasteiger partial charge in [-0.15, -0.1) is 0 Å². The molecule has 7 heteroatoms. The van der Waals surface area contributed by atoms with Gasteiger partial charge in [-0.2, -0.15) is 18.4 Å². The van der Waals surface area contributed by atoms with Gasteiger partial charge in [0.05, 0.1) is 12.5 Å². The van der Waals surface area contributed by atoms with E-state index in [2.05, 4.69) is 4.74 Å². The third-order valence-corrected chi connectivity index (χ3v) is 1.23. The fraction of sp³-hybridized carbons (Fsp3) is 0.714. The molecule has 0 saturated carbocycles. The van der Waals surface area contributed by atoms with Crippen LogP contribution in [0.5, 0.6) is 0 Å². The maximum atomic E-state index is 11.6. The molecule has 0 aliphatic rings. The third kappa shape index (κ3) is 6.11. The average molecular weight is 210 g/mol.